The minimum absolute atomic E-state index is 0.237. The molecule has 2 nitrogen and oxygen atoms in total. The first kappa shape index (κ1) is 8.46. The second-order valence-corrected chi connectivity index (χ2v) is 3.54. The zero-order valence-corrected chi connectivity index (χ0v) is 7.48. The molecule has 1 heterocycles. The Bertz CT molecular complexity index is 393. The lowest BCUT2D eigenvalue weighted by Crippen LogP contribution is -2.05. The molecular weight excluding hydrogens is 191 g/mol. The Labute approximate surface area is 80.0 Å². The molecule has 4 heteroatoms. The van der Waals surface area contributed by atoms with Crippen molar-refractivity contribution in [2.45, 2.75) is 18.3 Å². The molecule has 0 N–H and O–H groups in total. The molecule has 66 valence electrons. The summed E-state index contributed by atoms with van der Waals surface area (Å²) in [5.74, 6) is -0.444. The quantitative estimate of drug-likeness (QED) is 0.647. The second-order valence-electron chi connectivity index (χ2n) is 3.19. The number of nitriles is 1. The van der Waals surface area contributed by atoms with Crippen molar-refractivity contribution in [1.29, 1.82) is 5.26 Å². The highest BCUT2D eigenvalue weighted by atomic mass is 35.5. The van der Waals surface area contributed by atoms with Gasteiger partial charge in [-0.05, 0) is 18.9 Å². The first-order valence-electron chi connectivity index (χ1n) is 3.91. The number of nitrogens with zero attached hydrogens (tertiary/aromatic N) is 2. The van der Waals surface area contributed by atoms with Crippen LogP contribution in [0.4, 0.5) is 4.39 Å². The summed E-state index contributed by atoms with van der Waals surface area (Å²) in [7, 11) is 0. The lowest BCUT2D eigenvalue weighted by Gasteiger charge is -2.06. The van der Waals surface area contributed by atoms with Gasteiger partial charge in [-0.2, -0.15) is 5.26 Å². The van der Waals surface area contributed by atoms with Crippen LogP contribution in [0.15, 0.2) is 12.3 Å². The van der Waals surface area contributed by atoms with Gasteiger partial charge in [0.15, 0.2) is 0 Å². The molecule has 0 spiro atoms. The fraction of sp³-hybridized carbons (Fsp3) is 0.333. The normalized spacial score (nSPS) is 17.9. The molecule has 0 saturated heterocycles. The van der Waals surface area contributed by atoms with E-state index in [1.165, 1.54) is 6.07 Å². The maximum absolute atomic E-state index is 12.8. The molecule has 1 aromatic rings. The van der Waals surface area contributed by atoms with Crippen LogP contribution in [0.1, 0.15) is 18.4 Å². The summed E-state index contributed by atoms with van der Waals surface area (Å²) in [5, 5.41) is 9.10. The lowest BCUT2D eigenvalue weighted by atomic mass is 10.00. The molecule has 1 aliphatic carbocycles. The minimum Gasteiger partial charge on any atom is -0.241 e. The average molecular weight is 197 g/mol. The first-order chi connectivity index (χ1) is 6.18. The van der Waals surface area contributed by atoms with Gasteiger partial charge in [0.25, 0.3) is 0 Å². The number of hydrogen-bond donors (Lipinski definition) is 0. The zero-order chi connectivity index (χ0) is 9.47. The summed E-state index contributed by atoms with van der Waals surface area (Å²) >= 11 is 5.77. The van der Waals surface area contributed by atoms with Gasteiger partial charge in [0, 0.05) is 5.56 Å². The molecule has 0 radical (unpaired) electrons. The molecule has 1 saturated carbocycles. The van der Waals surface area contributed by atoms with Crippen LogP contribution in [-0.2, 0) is 5.41 Å². The largest absolute Gasteiger partial charge is 0.241 e. The number of rotatable bonds is 1. The average Bonchev–Trinajstić information content (AvgIpc) is 2.90. The van der Waals surface area contributed by atoms with E-state index in [1.54, 1.807) is 0 Å². The van der Waals surface area contributed by atoms with Gasteiger partial charge in [-0.3, -0.25) is 0 Å². The highest BCUT2D eigenvalue weighted by Crippen LogP contribution is 2.49. The Hall–Kier alpha value is -1.14. The highest BCUT2D eigenvalue weighted by molar-refractivity contribution is 6.30. The lowest BCUT2D eigenvalue weighted by molar-refractivity contribution is 0.616. The Morgan fingerprint density at radius 3 is 2.85 bits per heavy atom. The van der Waals surface area contributed by atoms with E-state index in [4.69, 9.17) is 16.9 Å². The molecule has 1 aliphatic rings. The molecule has 13 heavy (non-hydrogen) atoms. The van der Waals surface area contributed by atoms with Crippen molar-refractivity contribution in [3.63, 3.8) is 0 Å². The van der Waals surface area contributed by atoms with Crippen LogP contribution in [0.2, 0.25) is 5.15 Å². The molecule has 0 atom stereocenters. The van der Waals surface area contributed by atoms with Crippen LogP contribution in [0.25, 0.3) is 0 Å². The third-order valence-electron chi connectivity index (χ3n) is 2.29. The maximum atomic E-state index is 12.8. The van der Waals surface area contributed by atoms with Crippen LogP contribution >= 0.6 is 11.6 Å². The molecule has 1 fully saturated rings. The van der Waals surface area contributed by atoms with Gasteiger partial charge in [-0.15, -0.1) is 0 Å². The van der Waals surface area contributed by atoms with Crippen LogP contribution < -0.4 is 0 Å². The fourth-order valence-electron chi connectivity index (χ4n) is 1.32. The molecule has 0 aromatic carbocycles. The van der Waals surface area contributed by atoms with Crippen molar-refractivity contribution in [2.24, 2.45) is 0 Å². The van der Waals surface area contributed by atoms with Gasteiger partial charge in [0.2, 0.25) is 0 Å². The van der Waals surface area contributed by atoms with E-state index in [2.05, 4.69) is 11.1 Å². The molecule has 0 bridgehead atoms. The van der Waals surface area contributed by atoms with Gasteiger partial charge in [-0.1, -0.05) is 11.6 Å². The Morgan fingerprint density at radius 1 is 1.62 bits per heavy atom. The third-order valence-corrected chi connectivity index (χ3v) is 2.59. The van der Waals surface area contributed by atoms with Gasteiger partial charge in [-0.25, -0.2) is 9.37 Å². The van der Waals surface area contributed by atoms with Crippen molar-refractivity contribution >= 4 is 11.6 Å². The Balaban J connectivity index is 2.52. The van der Waals surface area contributed by atoms with Crippen LogP contribution in [0.5, 0.6) is 0 Å². The van der Waals surface area contributed by atoms with Gasteiger partial charge in [0.05, 0.1) is 17.7 Å². The molecular formula is C9H6ClFN2. The van der Waals surface area contributed by atoms with Crippen LogP contribution in [0, 0.1) is 17.1 Å². The number of halogens is 2. The van der Waals surface area contributed by atoms with E-state index in [0.717, 1.165) is 19.0 Å². The van der Waals surface area contributed by atoms with Crippen molar-refractivity contribution in [2.75, 3.05) is 0 Å². The topological polar surface area (TPSA) is 36.7 Å². The van der Waals surface area contributed by atoms with E-state index in [0.29, 0.717) is 5.56 Å². The highest BCUT2D eigenvalue weighted by Gasteiger charge is 2.46. The van der Waals surface area contributed by atoms with E-state index in [9.17, 15) is 4.39 Å². The van der Waals surface area contributed by atoms with Crippen molar-refractivity contribution in [3.05, 3.63) is 28.8 Å². The summed E-state index contributed by atoms with van der Waals surface area (Å²) in [6.45, 7) is 0. The van der Waals surface area contributed by atoms with E-state index >= 15 is 0 Å². The van der Waals surface area contributed by atoms with Crippen LogP contribution in [0.3, 0.4) is 0 Å². The molecule has 1 aromatic heterocycles. The van der Waals surface area contributed by atoms with Crippen molar-refractivity contribution in [1.82, 2.24) is 4.98 Å². The summed E-state index contributed by atoms with van der Waals surface area (Å²) in [6, 6.07) is 3.44. The minimum atomic E-state index is -0.563. The first-order valence-corrected chi connectivity index (χ1v) is 4.28. The second kappa shape index (κ2) is 2.68. The number of hydrogen-bond acceptors (Lipinski definition) is 2. The summed E-state index contributed by atoms with van der Waals surface area (Å²) in [5.41, 5.74) is -0.0386. The fourth-order valence-corrected chi connectivity index (χ4v) is 1.61. The number of pyridine rings is 1. The maximum Gasteiger partial charge on any atom is 0.141 e. The summed E-state index contributed by atoms with van der Waals surface area (Å²) < 4.78 is 12.8. The molecule has 2 rings (SSSR count). The molecule has 0 amide bonds. The smallest absolute Gasteiger partial charge is 0.141 e. The SMILES string of the molecule is N#CC1(c2cc(F)cnc2Cl)CC1. The Kier molecular flexibility index (Phi) is 1.74. The zero-order valence-electron chi connectivity index (χ0n) is 6.72. The number of aromatic nitrogens is 1. The summed E-state index contributed by atoms with van der Waals surface area (Å²) in [4.78, 5) is 3.67. The van der Waals surface area contributed by atoms with E-state index < -0.39 is 11.2 Å². The predicted octanol–water partition coefficient (Wildman–Crippen LogP) is 2.43. The van der Waals surface area contributed by atoms with Crippen molar-refractivity contribution in [3.8, 4) is 6.07 Å². The summed E-state index contributed by atoms with van der Waals surface area (Å²) in [6.07, 6.45) is 2.54. The monoisotopic (exact) mass is 196 g/mol. The van der Waals surface area contributed by atoms with E-state index in [-0.39, 0.29) is 5.15 Å². The van der Waals surface area contributed by atoms with Crippen molar-refractivity contribution < 1.29 is 4.39 Å². The molecule has 0 aliphatic heterocycles. The standard InChI is InChI=1S/C9H6ClFN2/c10-8-7(3-6(11)4-13-8)9(5-12)1-2-9/h3-4H,1-2H2. The van der Waals surface area contributed by atoms with E-state index in [1.807, 2.05) is 0 Å². The molecule has 0 unspecified atom stereocenters. The van der Waals surface area contributed by atoms with Gasteiger partial charge < -0.3 is 0 Å². The van der Waals surface area contributed by atoms with Crippen LogP contribution in [-0.4, -0.2) is 4.98 Å². The van der Waals surface area contributed by atoms with Gasteiger partial charge in [0.1, 0.15) is 11.0 Å². The predicted molar refractivity (Wildman–Crippen MR) is 45.7 cm³/mol. The van der Waals surface area contributed by atoms with Gasteiger partial charge >= 0.3 is 0 Å². The third kappa shape index (κ3) is 1.27. The Morgan fingerprint density at radius 2 is 2.31 bits per heavy atom.